The van der Waals surface area contributed by atoms with E-state index in [0.29, 0.717) is 13.1 Å². The van der Waals surface area contributed by atoms with Crippen molar-refractivity contribution >= 4 is 17.6 Å². The van der Waals surface area contributed by atoms with Crippen LogP contribution in [-0.4, -0.2) is 55.6 Å². The topological polar surface area (TPSA) is 64.7 Å². The number of likely N-dealkylation sites (tertiary alicyclic amines) is 1. The van der Waals surface area contributed by atoms with Crippen molar-refractivity contribution in [1.29, 1.82) is 0 Å². The first-order chi connectivity index (χ1) is 13.3. The van der Waals surface area contributed by atoms with Crippen LogP contribution in [0.4, 0.5) is 23.7 Å². The predicted octanol–water partition coefficient (Wildman–Crippen LogP) is 2.21. The lowest BCUT2D eigenvalue weighted by molar-refractivity contribution is -0.137. The van der Waals surface area contributed by atoms with Gasteiger partial charge in [0.05, 0.1) is 11.6 Å². The van der Waals surface area contributed by atoms with E-state index >= 15 is 0 Å². The van der Waals surface area contributed by atoms with Gasteiger partial charge in [0.25, 0.3) is 0 Å². The van der Waals surface area contributed by atoms with E-state index in [0.717, 1.165) is 38.1 Å². The van der Waals surface area contributed by atoms with E-state index in [9.17, 15) is 22.8 Å². The van der Waals surface area contributed by atoms with E-state index in [2.05, 4.69) is 10.6 Å². The second kappa shape index (κ2) is 6.95. The van der Waals surface area contributed by atoms with Crippen molar-refractivity contribution < 1.29 is 22.8 Å². The smallest absolute Gasteiger partial charge is 0.333 e. The van der Waals surface area contributed by atoms with Crippen molar-refractivity contribution in [1.82, 2.24) is 15.5 Å². The summed E-state index contributed by atoms with van der Waals surface area (Å²) in [5.74, 6) is -0.289. The van der Waals surface area contributed by atoms with Gasteiger partial charge in [0, 0.05) is 43.7 Å². The summed E-state index contributed by atoms with van der Waals surface area (Å²) < 4.78 is 38.8. The Morgan fingerprint density at radius 2 is 2.11 bits per heavy atom. The van der Waals surface area contributed by atoms with Crippen LogP contribution in [0.2, 0.25) is 0 Å². The molecule has 1 aromatic carbocycles. The fourth-order valence-electron chi connectivity index (χ4n) is 4.42. The Morgan fingerprint density at radius 3 is 2.82 bits per heavy atom. The third-order valence-corrected chi connectivity index (χ3v) is 6.00. The van der Waals surface area contributed by atoms with Gasteiger partial charge >= 0.3 is 12.2 Å². The first kappa shape index (κ1) is 19.0. The van der Waals surface area contributed by atoms with Gasteiger partial charge in [-0.05, 0) is 37.6 Å². The van der Waals surface area contributed by atoms with Crippen LogP contribution in [0.5, 0.6) is 0 Å². The van der Waals surface area contributed by atoms with Gasteiger partial charge in [0.2, 0.25) is 5.91 Å². The number of carbonyl (C=O) groups is 2. The second-order valence-corrected chi connectivity index (χ2v) is 8.00. The lowest BCUT2D eigenvalue weighted by Gasteiger charge is -2.24. The van der Waals surface area contributed by atoms with Gasteiger partial charge in [-0.25, -0.2) is 4.79 Å². The fraction of sp³-hybridized carbons (Fsp3) is 0.579. The van der Waals surface area contributed by atoms with Crippen LogP contribution in [-0.2, 0) is 11.0 Å². The third kappa shape index (κ3) is 3.67. The van der Waals surface area contributed by atoms with Gasteiger partial charge in [0.1, 0.15) is 0 Å². The zero-order valence-electron chi connectivity index (χ0n) is 15.4. The van der Waals surface area contributed by atoms with Crippen LogP contribution in [0.25, 0.3) is 0 Å². The molecule has 2 atom stereocenters. The number of benzene rings is 1. The molecule has 3 heterocycles. The van der Waals surface area contributed by atoms with E-state index in [1.165, 1.54) is 17.0 Å². The number of nitrogens with one attached hydrogen (secondary N) is 2. The fourth-order valence-corrected chi connectivity index (χ4v) is 4.42. The van der Waals surface area contributed by atoms with Gasteiger partial charge in [-0.2, -0.15) is 13.2 Å². The first-order valence-corrected chi connectivity index (χ1v) is 9.50. The summed E-state index contributed by atoms with van der Waals surface area (Å²) in [6.45, 7) is 3.45. The van der Waals surface area contributed by atoms with E-state index in [1.54, 1.807) is 4.90 Å². The maximum atomic E-state index is 12.9. The van der Waals surface area contributed by atoms with Gasteiger partial charge < -0.3 is 20.4 Å². The number of hydrogen-bond donors (Lipinski definition) is 2. The van der Waals surface area contributed by atoms with E-state index in [-0.39, 0.29) is 36.0 Å². The molecule has 4 rings (SSSR count). The summed E-state index contributed by atoms with van der Waals surface area (Å²) in [6.07, 6.45) is -2.36. The highest BCUT2D eigenvalue weighted by Crippen LogP contribution is 2.36. The quantitative estimate of drug-likeness (QED) is 0.806. The van der Waals surface area contributed by atoms with Crippen molar-refractivity contribution in [2.45, 2.75) is 31.5 Å². The Hall–Kier alpha value is -2.29. The largest absolute Gasteiger partial charge is 0.416 e. The maximum Gasteiger partial charge on any atom is 0.416 e. The minimum atomic E-state index is -4.47. The van der Waals surface area contributed by atoms with Crippen molar-refractivity contribution in [3.8, 4) is 0 Å². The number of carbonyl (C=O) groups excluding carboxylic acids is 2. The minimum Gasteiger partial charge on any atom is -0.333 e. The Labute approximate surface area is 161 Å². The molecule has 0 aliphatic carbocycles. The maximum absolute atomic E-state index is 12.9. The molecule has 2 N–H and O–H groups in total. The summed E-state index contributed by atoms with van der Waals surface area (Å²) in [7, 11) is 0. The molecule has 2 unspecified atom stereocenters. The Kier molecular flexibility index (Phi) is 4.73. The number of alkyl halides is 3. The van der Waals surface area contributed by atoms with Gasteiger partial charge in [-0.1, -0.05) is 6.07 Å². The molecule has 3 saturated heterocycles. The second-order valence-electron chi connectivity index (χ2n) is 8.00. The first-order valence-electron chi connectivity index (χ1n) is 9.50. The molecular weight excluding hydrogens is 373 g/mol. The molecule has 28 heavy (non-hydrogen) atoms. The highest BCUT2D eigenvalue weighted by Gasteiger charge is 2.43. The average molecular weight is 396 g/mol. The molecule has 3 aliphatic heterocycles. The summed E-state index contributed by atoms with van der Waals surface area (Å²) >= 11 is 0. The molecule has 152 valence electrons. The van der Waals surface area contributed by atoms with Gasteiger partial charge in [0.15, 0.2) is 0 Å². The molecule has 1 aromatic rings. The number of rotatable bonds is 2. The molecule has 3 amide bonds. The Balaban J connectivity index is 1.38. The van der Waals surface area contributed by atoms with Crippen LogP contribution in [0, 0.1) is 5.41 Å². The zero-order chi connectivity index (χ0) is 19.9. The molecular formula is C19H23F3N4O2. The van der Waals surface area contributed by atoms with E-state index < -0.39 is 17.8 Å². The molecule has 9 heteroatoms. The van der Waals surface area contributed by atoms with Crippen molar-refractivity contribution in [3.05, 3.63) is 29.8 Å². The molecule has 0 aromatic heterocycles. The van der Waals surface area contributed by atoms with Gasteiger partial charge in [-0.3, -0.25) is 4.79 Å². The monoisotopic (exact) mass is 396 g/mol. The number of nitrogens with zero attached hydrogens (tertiary/aromatic N) is 2. The Morgan fingerprint density at radius 1 is 1.29 bits per heavy atom. The average Bonchev–Trinajstić information content (AvgIpc) is 3.36. The van der Waals surface area contributed by atoms with Gasteiger partial charge in [-0.15, -0.1) is 0 Å². The highest BCUT2D eigenvalue weighted by molar-refractivity contribution is 5.96. The standard InChI is InChI=1S/C19H23F3N4O2/c20-19(21,22)13-2-1-3-15(8-13)26-10-14(9-16(26)27)24-17(28)25-7-5-18(12-25)4-6-23-11-18/h1-3,8,14,23H,4-7,9-12H2,(H,24,28). The summed E-state index contributed by atoms with van der Waals surface area (Å²) in [5, 5.41) is 6.23. The van der Waals surface area contributed by atoms with Crippen LogP contribution in [0.1, 0.15) is 24.8 Å². The molecule has 0 bridgehead atoms. The van der Waals surface area contributed by atoms with Crippen molar-refractivity contribution in [3.63, 3.8) is 0 Å². The number of anilines is 1. The minimum absolute atomic E-state index is 0.0858. The SMILES string of the molecule is O=C(NC1CC(=O)N(c2cccc(C(F)(F)F)c2)C1)N1CCC2(CCNC2)C1. The van der Waals surface area contributed by atoms with Crippen molar-refractivity contribution in [2.75, 3.05) is 37.6 Å². The van der Waals surface area contributed by atoms with Crippen LogP contribution < -0.4 is 15.5 Å². The highest BCUT2D eigenvalue weighted by atomic mass is 19.4. The molecule has 0 radical (unpaired) electrons. The zero-order valence-corrected chi connectivity index (χ0v) is 15.4. The van der Waals surface area contributed by atoms with E-state index in [1.807, 2.05) is 0 Å². The number of hydrogen-bond acceptors (Lipinski definition) is 3. The Bertz CT molecular complexity index is 777. The summed E-state index contributed by atoms with van der Waals surface area (Å²) in [4.78, 5) is 28.0. The lowest BCUT2D eigenvalue weighted by Crippen LogP contribution is -2.45. The molecule has 0 saturated carbocycles. The normalized spacial score (nSPS) is 27.8. The number of amides is 3. The molecule has 1 spiro atoms. The molecule has 3 fully saturated rings. The summed E-state index contributed by atoms with van der Waals surface area (Å²) in [5.41, 5.74) is -0.432. The van der Waals surface area contributed by atoms with Crippen LogP contribution >= 0.6 is 0 Å². The molecule has 3 aliphatic rings. The number of halogens is 3. The van der Waals surface area contributed by atoms with Crippen molar-refractivity contribution in [2.24, 2.45) is 5.41 Å². The number of urea groups is 1. The third-order valence-electron chi connectivity index (χ3n) is 6.00. The molecule has 6 nitrogen and oxygen atoms in total. The van der Waals surface area contributed by atoms with Crippen LogP contribution in [0.3, 0.4) is 0 Å². The predicted molar refractivity (Wildman–Crippen MR) is 96.8 cm³/mol. The lowest BCUT2D eigenvalue weighted by atomic mass is 9.87. The van der Waals surface area contributed by atoms with Crippen LogP contribution in [0.15, 0.2) is 24.3 Å². The van der Waals surface area contributed by atoms with E-state index in [4.69, 9.17) is 0 Å². The summed E-state index contributed by atoms with van der Waals surface area (Å²) in [6, 6.07) is 4.11.